The monoisotopic (exact) mass is 270 g/mol. The van der Waals surface area contributed by atoms with Crippen molar-refractivity contribution in [1.29, 1.82) is 0 Å². The fourth-order valence-electron chi connectivity index (χ4n) is 1.93. The van der Waals surface area contributed by atoms with Crippen molar-refractivity contribution in [2.75, 3.05) is 13.2 Å². The van der Waals surface area contributed by atoms with Gasteiger partial charge in [0, 0.05) is 17.0 Å². The highest BCUT2D eigenvalue weighted by molar-refractivity contribution is 9.10. The van der Waals surface area contributed by atoms with Gasteiger partial charge in [0.1, 0.15) is 0 Å². The Balaban J connectivity index is 1.95. The van der Waals surface area contributed by atoms with Gasteiger partial charge in [-0.25, -0.2) is 0 Å². The molecule has 0 bridgehead atoms. The van der Waals surface area contributed by atoms with Crippen LogP contribution in [0.15, 0.2) is 28.7 Å². The fourth-order valence-corrected chi connectivity index (χ4v) is 2.37. The summed E-state index contributed by atoms with van der Waals surface area (Å²) in [6, 6.07) is 8.09. The van der Waals surface area contributed by atoms with Crippen LogP contribution in [0, 0.1) is 5.92 Å². The van der Waals surface area contributed by atoms with E-state index in [1.165, 1.54) is 5.56 Å². The van der Waals surface area contributed by atoms with E-state index >= 15 is 0 Å². The summed E-state index contributed by atoms with van der Waals surface area (Å²) < 4.78 is 6.34. The maximum absolute atomic E-state index is 10.00. The number of hydrogen-bond donors (Lipinski definition) is 1. The van der Waals surface area contributed by atoms with Crippen molar-refractivity contribution >= 4 is 15.9 Å². The molecule has 0 spiro atoms. The van der Waals surface area contributed by atoms with E-state index in [1.807, 2.05) is 18.2 Å². The smallest absolute Gasteiger partial charge is 0.0631 e. The number of benzene rings is 1. The molecule has 1 aliphatic heterocycles. The molecule has 1 aromatic carbocycles. The SMILES string of the molecule is OC(Cc1cccc(Br)c1)C1CCOC1. The van der Waals surface area contributed by atoms with Gasteiger partial charge in [0.2, 0.25) is 0 Å². The predicted molar refractivity (Wildman–Crippen MR) is 62.8 cm³/mol. The molecule has 0 amide bonds. The first kappa shape index (κ1) is 11.1. The Hall–Kier alpha value is -0.380. The molecule has 1 N–H and O–H groups in total. The molecule has 1 aliphatic rings. The Labute approximate surface area is 98.4 Å². The third kappa shape index (κ3) is 3.03. The number of halogens is 1. The summed E-state index contributed by atoms with van der Waals surface area (Å²) >= 11 is 3.43. The van der Waals surface area contributed by atoms with Crippen LogP contribution in [0.2, 0.25) is 0 Å². The first-order valence-electron chi connectivity index (χ1n) is 5.26. The lowest BCUT2D eigenvalue weighted by atomic mass is 9.96. The van der Waals surface area contributed by atoms with E-state index in [9.17, 15) is 5.11 Å². The van der Waals surface area contributed by atoms with Crippen molar-refractivity contribution in [1.82, 2.24) is 0 Å². The highest BCUT2D eigenvalue weighted by atomic mass is 79.9. The molecular weight excluding hydrogens is 256 g/mol. The van der Waals surface area contributed by atoms with E-state index in [4.69, 9.17) is 4.74 Å². The van der Waals surface area contributed by atoms with Gasteiger partial charge in [-0.2, -0.15) is 0 Å². The summed E-state index contributed by atoms with van der Waals surface area (Å²) in [5.74, 6) is 0.309. The zero-order valence-corrected chi connectivity index (χ0v) is 10.1. The van der Waals surface area contributed by atoms with E-state index < -0.39 is 0 Å². The minimum absolute atomic E-state index is 0.276. The topological polar surface area (TPSA) is 29.5 Å². The maximum atomic E-state index is 10.00. The summed E-state index contributed by atoms with van der Waals surface area (Å²) in [7, 11) is 0. The molecule has 3 heteroatoms. The quantitative estimate of drug-likeness (QED) is 0.914. The van der Waals surface area contributed by atoms with Crippen LogP contribution in [0.3, 0.4) is 0 Å². The first-order chi connectivity index (χ1) is 7.25. The lowest BCUT2D eigenvalue weighted by Gasteiger charge is -2.16. The molecule has 0 aromatic heterocycles. The average Bonchev–Trinajstić information content (AvgIpc) is 2.70. The van der Waals surface area contributed by atoms with E-state index in [0.29, 0.717) is 18.9 Å². The van der Waals surface area contributed by atoms with Gasteiger partial charge in [-0.15, -0.1) is 0 Å². The van der Waals surface area contributed by atoms with Crippen LogP contribution >= 0.6 is 15.9 Å². The molecule has 2 unspecified atom stereocenters. The van der Waals surface area contributed by atoms with Crippen molar-refractivity contribution in [3.05, 3.63) is 34.3 Å². The minimum Gasteiger partial charge on any atom is -0.392 e. The standard InChI is InChI=1S/C12H15BrO2/c13-11-3-1-2-9(6-11)7-12(14)10-4-5-15-8-10/h1-3,6,10,12,14H,4-5,7-8H2. The number of aliphatic hydroxyl groups excluding tert-OH is 1. The van der Waals surface area contributed by atoms with Crippen LogP contribution in [0.5, 0.6) is 0 Å². The highest BCUT2D eigenvalue weighted by Gasteiger charge is 2.23. The zero-order valence-electron chi connectivity index (χ0n) is 8.53. The summed E-state index contributed by atoms with van der Waals surface area (Å²) in [5, 5.41) is 10.00. The molecule has 1 saturated heterocycles. The number of ether oxygens (including phenoxy) is 1. The van der Waals surface area contributed by atoms with E-state index in [2.05, 4.69) is 22.0 Å². The first-order valence-corrected chi connectivity index (χ1v) is 6.05. The number of aliphatic hydroxyl groups is 1. The largest absolute Gasteiger partial charge is 0.392 e. The molecule has 2 nitrogen and oxygen atoms in total. The Morgan fingerprint density at radius 2 is 2.40 bits per heavy atom. The fraction of sp³-hybridized carbons (Fsp3) is 0.500. The van der Waals surface area contributed by atoms with Crippen LogP contribution in [0.4, 0.5) is 0 Å². The molecule has 2 atom stereocenters. The van der Waals surface area contributed by atoms with Crippen LogP contribution in [0.25, 0.3) is 0 Å². The Kier molecular flexibility index (Phi) is 3.78. The molecule has 1 aromatic rings. The highest BCUT2D eigenvalue weighted by Crippen LogP contribution is 2.21. The normalized spacial score (nSPS) is 22.9. The lowest BCUT2D eigenvalue weighted by Crippen LogP contribution is -2.22. The molecule has 0 saturated carbocycles. The molecule has 0 radical (unpaired) electrons. The summed E-state index contributed by atoms with van der Waals surface area (Å²) in [5.41, 5.74) is 1.17. The molecule has 1 heterocycles. The molecule has 82 valence electrons. The predicted octanol–water partition coefficient (Wildman–Crippen LogP) is 2.39. The molecule has 1 fully saturated rings. The Morgan fingerprint density at radius 1 is 1.53 bits per heavy atom. The van der Waals surface area contributed by atoms with Gasteiger partial charge < -0.3 is 9.84 Å². The van der Waals surface area contributed by atoms with E-state index in [0.717, 1.165) is 17.5 Å². The van der Waals surface area contributed by atoms with Gasteiger partial charge in [0.25, 0.3) is 0 Å². The molecular formula is C12H15BrO2. The third-order valence-electron chi connectivity index (χ3n) is 2.84. The summed E-state index contributed by atoms with van der Waals surface area (Å²) in [4.78, 5) is 0. The van der Waals surface area contributed by atoms with E-state index in [-0.39, 0.29) is 6.10 Å². The van der Waals surface area contributed by atoms with Crippen molar-refractivity contribution < 1.29 is 9.84 Å². The van der Waals surface area contributed by atoms with Crippen molar-refractivity contribution in [2.45, 2.75) is 18.9 Å². The van der Waals surface area contributed by atoms with Gasteiger partial charge in [-0.05, 0) is 30.5 Å². The Morgan fingerprint density at radius 3 is 3.07 bits per heavy atom. The van der Waals surface area contributed by atoms with Crippen LogP contribution in [-0.2, 0) is 11.2 Å². The molecule has 15 heavy (non-hydrogen) atoms. The van der Waals surface area contributed by atoms with Gasteiger partial charge in [0.15, 0.2) is 0 Å². The number of rotatable bonds is 3. The van der Waals surface area contributed by atoms with Gasteiger partial charge in [-0.1, -0.05) is 28.1 Å². The second kappa shape index (κ2) is 5.10. The average molecular weight is 271 g/mol. The van der Waals surface area contributed by atoms with E-state index in [1.54, 1.807) is 0 Å². The van der Waals surface area contributed by atoms with Crippen LogP contribution in [-0.4, -0.2) is 24.4 Å². The minimum atomic E-state index is -0.276. The van der Waals surface area contributed by atoms with Crippen LogP contribution in [0.1, 0.15) is 12.0 Å². The van der Waals surface area contributed by atoms with Crippen LogP contribution < -0.4 is 0 Å². The second-order valence-electron chi connectivity index (χ2n) is 4.03. The molecule has 2 rings (SSSR count). The Bertz CT molecular complexity index is 321. The van der Waals surface area contributed by atoms with Crippen molar-refractivity contribution in [2.24, 2.45) is 5.92 Å². The summed E-state index contributed by atoms with van der Waals surface area (Å²) in [6.07, 6.45) is 1.42. The number of hydrogen-bond acceptors (Lipinski definition) is 2. The lowest BCUT2D eigenvalue weighted by molar-refractivity contribution is 0.0918. The third-order valence-corrected chi connectivity index (χ3v) is 3.34. The molecule has 0 aliphatic carbocycles. The van der Waals surface area contributed by atoms with Crippen molar-refractivity contribution in [3.8, 4) is 0 Å². The maximum Gasteiger partial charge on any atom is 0.0631 e. The summed E-state index contributed by atoms with van der Waals surface area (Å²) in [6.45, 7) is 1.50. The zero-order chi connectivity index (χ0) is 10.7. The second-order valence-corrected chi connectivity index (χ2v) is 4.94. The van der Waals surface area contributed by atoms with Gasteiger partial charge in [-0.3, -0.25) is 0 Å². The van der Waals surface area contributed by atoms with Gasteiger partial charge >= 0.3 is 0 Å². The van der Waals surface area contributed by atoms with Crippen molar-refractivity contribution in [3.63, 3.8) is 0 Å². The van der Waals surface area contributed by atoms with Gasteiger partial charge in [0.05, 0.1) is 12.7 Å².